The highest BCUT2D eigenvalue weighted by atomic mass is 15.1. The summed E-state index contributed by atoms with van der Waals surface area (Å²) in [6.45, 7) is 20.7. The van der Waals surface area contributed by atoms with Crippen LogP contribution >= 0.6 is 0 Å². The Labute approximate surface area is 336 Å². The molecule has 8 aromatic rings. The number of hydrogen-bond donors (Lipinski definition) is 0. The molecule has 0 amide bonds. The minimum Gasteiger partial charge on any atom is -0.340 e. The van der Waals surface area contributed by atoms with E-state index in [9.17, 15) is 0 Å². The molecule has 10 rings (SSSR count). The lowest BCUT2D eigenvalue weighted by Gasteiger charge is -2.29. The molecule has 0 aliphatic carbocycles. The van der Waals surface area contributed by atoms with Crippen molar-refractivity contribution in [2.75, 3.05) is 14.1 Å². The minimum atomic E-state index is 0.151. The third kappa shape index (κ3) is 5.18. The lowest BCUT2D eigenvalue weighted by Crippen LogP contribution is -2.49. The van der Waals surface area contributed by atoms with E-state index in [4.69, 9.17) is 0 Å². The predicted octanol–water partition coefficient (Wildman–Crippen LogP) is 10.4. The fourth-order valence-electron chi connectivity index (χ4n) is 11.5. The molecule has 0 N–H and O–H groups in total. The van der Waals surface area contributed by atoms with Gasteiger partial charge in [-0.1, -0.05) is 62.4 Å². The highest BCUT2D eigenvalue weighted by Crippen LogP contribution is 2.38. The molecule has 2 atom stereocenters. The molecule has 2 unspecified atom stereocenters. The predicted molar refractivity (Wildman–Crippen MR) is 240 cm³/mol. The summed E-state index contributed by atoms with van der Waals surface area (Å²) in [5.74, 6) is 1.03. The zero-order valence-electron chi connectivity index (χ0n) is 35.7. The van der Waals surface area contributed by atoms with Crippen LogP contribution in [0, 0.1) is 21.1 Å². The zero-order valence-corrected chi connectivity index (χ0v) is 35.7. The van der Waals surface area contributed by atoms with Crippen molar-refractivity contribution >= 4 is 43.4 Å². The fraction of sp³-hybridized carbons (Fsp3) is 0.358. The molecule has 4 heteroatoms. The average molecular weight is 751 g/mol. The maximum atomic E-state index is 2.56. The standard InChI is InChI=1S/C53H58N4/c1-11-56-46-25-19-34(38-15-13-17-40(48(38)46)50(56)36-21-23-44-42(28-36)32(3)30-52(5,6)54(44)9)27-35-20-26-47-49-39(35)16-14-18-41(49)51(57(47)12-2)37-22-24-45-43(29-37)33(4)31-53(7,8)55(45)10/h13-26,28-29,32-33H,11-12,27,30-31H2,1-10H3/q+2. The normalized spacial score (nSPS) is 20.2. The van der Waals surface area contributed by atoms with Crippen molar-refractivity contribution in [3.8, 4) is 0 Å². The van der Waals surface area contributed by atoms with Gasteiger partial charge in [0.05, 0.1) is 10.7 Å². The SMILES string of the molecule is CCn1c(=c2ccc3c(c2)C(C)CC(C)(C)[N+]=3C)c2cccc3c(Cc4ccc5c6c4cccc6c(=c4ccc6c(c4)C(C)CC(C)(C)[N+]=6C)n5CC)ccc1c32. The van der Waals surface area contributed by atoms with Gasteiger partial charge in [-0.05, 0) is 129 Å². The zero-order chi connectivity index (χ0) is 39.7. The first kappa shape index (κ1) is 36.1. The van der Waals surface area contributed by atoms with Gasteiger partial charge >= 0.3 is 0 Å². The number of nitrogens with zero attached hydrogens (tertiary/aromatic N) is 4. The fourth-order valence-corrected chi connectivity index (χ4v) is 11.5. The van der Waals surface area contributed by atoms with Crippen LogP contribution in [-0.2, 0) is 19.5 Å². The molecule has 0 spiro atoms. The molecule has 6 aromatic carbocycles. The van der Waals surface area contributed by atoms with Crippen LogP contribution in [0.5, 0.6) is 0 Å². The Morgan fingerprint density at radius 1 is 0.544 bits per heavy atom. The summed E-state index contributed by atoms with van der Waals surface area (Å²) in [4.78, 5) is 0. The summed E-state index contributed by atoms with van der Waals surface area (Å²) in [5.41, 5.74) is 8.68. The van der Waals surface area contributed by atoms with Gasteiger partial charge in [0.2, 0.25) is 10.7 Å². The topological polar surface area (TPSA) is 15.9 Å². The van der Waals surface area contributed by atoms with Crippen LogP contribution in [0.25, 0.3) is 43.4 Å². The lowest BCUT2D eigenvalue weighted by atomic mass is 9.83. The molecule has 0 radical (unpaired) electrons. The maximum Gasteiger partial charge on any atom is 0.203 e. The van der Waals surface area contributed by atoms with E-state index in [1.807, 2.05) is 0 Å². The van der Waals surface area contributed by atoms with Crippen LogP contribution in [-0.4, -0.2) is 34.3 Å². The van der Waals surface area contributed by atoms with Crippen LogP contribution in [0.4, 0.5) is 0 Å². The van der Waals surface area contributed by atoms with Crippen LogP contribution in [0.1, 0.15) is 102 Å². The second-order valence-corrected chi connectivity index (χ2v) is 18.8. The van der Waals surface area contributed by atoms with Crippen LogP contribution in [0.3, 0.4) is 0 Å². The largest absolute Gasteiger partial charge is 0.340 e. The first-order chi connectivity index (χ1) is 27.3. The number of hydrogen-bond acceptors (Lipinski definition) is 0. The van der Waals surface area contributed by atoms with Gasteiger partial charge in [-0.25, -0.2) is 9.15 Å². The van der Waals surface area contributed by atoms with Crippen LogP contribution in [0.15, 0.2) is 97.1 Å². The summed E-state index contributed by atoms with van der Waals surface area (Å²) >= 11 is 0. The molecule has 2 aromatic heterocycles. The van der Waals surface area contributed by atoms with E-state index in [0.717, 1.165) is 32.4 Å². The molecule has 0 fully saturated rings. The first-order valence-corrected chi connectivity index (χ1v) is 21.5. The molecule has 288 valence electrons. The lowest BCUT2D eigenvalue weighted by molar-refractivity contribution is 0.293. The van der Waals surface area contributed by atoms with E-state index in [0.29, 0.717) is 11.8 Å². The number of benzene rings is 6. The molecule has 0 bridgehead atoms. The van der Waals surface area contributed by atoms with Gasteiger partial charge in [0.1, 0.15) is 14.1 Å². The van der Waals surface area contributed by atoms with Crippen molar-refractivity contribution < 1.29 is 0 Å². The molecule has 0 saturated carbocycles. The Bertz CT molecular complexity index is 3080. The Balaban J connectivity index is 1.17. The van der Waals surface area contributed by atoms with E-state index in [1.165, 1.54) is 97.5 Å². The number of aromatic nitrogens is 2. The smallest absolute Gasteiger partial charge is 0.203 e. The van der Waals surface area contributed by atoms with Gasteiger partial charge < -0.3 is 9.13 Å². The van der Waals surface area contributed by atoms with Crippen molar-refractivity contribution in [1.82, 2.24) is 18.3 Å². The first-order valence-electron chi connectivity index (χ1n) is 21.5. The summed E-state index contributed by atoms with van der Waals surface area (Å²) in [6, 6.07) is 38.1. The molecule has 57 heavy (non-hydrogen) atoms. The molecule has 4 heterocycles. The molecule has 2 aliphatic heterocycles. The molecule has 2 aliphatic rings. The summed E-state index contributed by atoms with van der Waals surface area (Å²) in [6.07, 6.45) is 3.20. The highest BCUT2D eigenvalue weighted by Gasteiger charge is 2.37. The number of fused-ring (bicyclic) bond motifs is 2. The van der Waals surface area contributed by atoms with Crippen LogP contribution in [0.2, 0.25) is 0 Å². The summed E-state index contributed by atoms with van der Waals surface area (Å²) in [7, 11) is 4.52. The molecule has 0 saturated heterocycles. The van der Waals surface area contributed by atoms with E-state index < -0.39 is 0 Å². The quantitative estimate of drug-likeness (QED) is 0.159. The Morgan fingerprint density at radius 2 is 0.947 bits per heavy atom. The van der Waals surface area contributed by atoms with E-state index >= 15 is 0 Å². The van der Waals surface area contributed by atoms with Gasteiger partial charge in [0, 0.05) is 81.8 Å². The third-order valence-electron chi connectivity index (χ3n) is 14.7. The summed E-state index contributed by atoms with van der Waals surface area (Å²) in [5, 5.41) is 16.3. The second-order valence-electron chi connectivity index (χ2n) is 18.8. The second kappa shape index (κ2) is 12.6. The summed E-state index contributed by atoms with van der Waals surface area (Å²) < 4.78 is 10.1. The Hall–Kier alpha value is -5.22. The van der Waals surface area contributed by atoms with Gasteiger partial charge in [-0.15, -0.1) is 0 Å². The van der Waals surface area contributed by atoms with Crippen molar-refractivity contribution in [2.45, 2.75) is 111 Å². The Morgan fingerprint density at radius 3 is 1.35 bits per heavy atom. The number of rotatable bonds is 4. The molecular formula is C53H58N4+2. The van der Waals surface area contributed by atoms with Crippen LogP contribution < -0.4 is 19.9 Å². The van der Waals surface area contributed by atoms with Gasteiger partial charge in [0.25, 0.3) is 0 Å². The highest BCUT2D eigenvalue weighted by molar-refractivity contribution is 6.13. The van der Waals surface area contributed by atoms with Gasteiger partial charge in [0.15, 0.2) is 11.1 Å². The average Bonchev–Trinajstić information content (AvgIpc) is 3.71. The molecule has 4 nitrogen and oxygen atoms in total. The third-order valence-corrected chi connectivity index (χ3v) is 14.7. The van der Waals surface area contributed by atoms with Gasteiger partial charge in [-0.3, -0.25) is 0 Å². The van der Waals surface area contributed by atoms with Crippen molar-refractivity contribution in [1.29, 1.82) is 0 Å². The van der Waals surface area contributed by atoms with E-state index in [1.54, 1.807) is 0 Å². The van der Waals surface area contributed by atoms with Crippen molar-refractivity contribution in [2.24, 2.45) is 0 Å². The maximum absolute atomic E-state index is 2.56. The molecular weight excluding hydrogens is 693 g/mol. The van der Waals surface area contributed by atoms with Crippen molar-refractivity contribution in [3.63, 3.8) is 0 Å². The van der Waals surface area contributed by atoms with Gasteiger partial charge in [-0.2, -0.15) is 0 Å². The minimum absolute atomic E-state index is 0.151. The van der Waals surface area contributed by atoms with Crippen molar-refractivity contribution in [3.05, 3.63) is 151 Å². The van der Waals surface area contributed by atoms with E-state index in [2.05, 4.69) is 185 Å². The Kier molecular flexibility index (Phi) is 8.01. The van der Waals surface area contributed by atoms with E-state index in [-0.39, 0.29) is 11.1 Å². The monoisotopic (exact) mass is 750 g/mol. The number of aryl methyl sites for hydroxylation is 2.